The molecule has 2 heterocycles. The highest BCUT2D eigenvalue weighted by Gasteiger charge is 2.33. The molecule has 5 rings (SSSR count). The molecule has 2 aliphatic rings. The summed E-state index contributed by atoms with van der Waals surface area (Å²) in [6, 6.07) is 25.3. The van der Waals surface area contributed by atoms with Crippen LogP contribution in [0.3, 0.4) is 0 Å². The minimum Gasteiger partial charge on any atom is -0.508 e. The van der Waals surface area contributed by atoms with Gasteiger partial charge >= 0.3 is 0 Å². The molecule has 1 fully saturated rings. The Morgan fingerprint density at radius 2 is 1.44 bits per heavy atom. The number of thioether (sulfide) groups is 1. The van der Waals surface area contributed by atoms with Gasteiger partial charge in [-0.05, 0) is 92.5 Å². The van der Waals surface area contributed by atoms with Gasteiger partial charge in [0.2, 0.25) is 0 Å². The molecule has 0 bridgehead atoms. The zero-order valence-electron chi connectivity index (χ0n) is 23.4. The third-order valence-corrected chi connectivity index (χ3v) is 9.55. The molecular formula is C35H45NO2S. The van der Waals surface area contributed by atoms with Crippen molar-refractivity contribution < 1.29 is 9.84 Å². The molecular weight excluding hydrogens is 498 g/mol. The van der Waals surface area contributed by atoms with Crippen LogP contribution in [-0.4, -0.2) is 42.0 Å². The molecule has 3 nitrogen and oxygen atoms in total. The van der Waals surface area contributed by atoms with Crippen molar-refractivity contribution in [2.75, 3.05) is 32.0 Å². The first-order valence-electron chi connectivity index (χ1n) is 15.2. The molecule has 2 atom stereocenters. The van der Waals surface area contributed by atoms with E-state index in [2.05, 4.69) is 59.5 Å². The lowest BCUT2D eigenvalue weighted by Gasteiger charge is -2.34. The van der Waals surface area contributed by atoms with Crippen molar-refractivity contribution in [1.82, 2.24) is 4.90 Å². The van der Waals surface area contributed by atoms with Crippen molar-refractivity contribution in [1.29, 1.82) is 0 Å². The van der Waals surface area contributed by atoms with Crippen molar-refractivity contribution >= 4 is 11.8 Å². The van der Waals surface area contributed by atoms with Gasteiger partial charge < -0.3 is 14.7 Å². The number of likely N-dealkylation sites (tertiary alicyclic amines) is 1. The Balaban J connectivity index is 1.06. The molecule has 208 valence electrons. The lowest BCUT2D eigenvalue weighted by molar-refractivity contribution is 0.248. The van der Waals surface area contributed by atoms with E-state index in [1.54, 1.807) is 6.07 Å². The average molecular weight is 544 g/mol. The molecule has 1 saturated heterocycles. The number of hydrogen-bond donors (Lipinski definition) is 1. The van der Waals surface area contributed by atoms with Gasteiger partial charge in [-0.2, -0.15) is 0 Å². The summed E-state index contributed by atoms with van der Waals surface area (Å²) in [5, 5.41) is 10.3. The van der Waals surface area contributed by atoms with Gasteiger partial charge in [0.25, 0.3) is 0 Å². The van der Waals surface area contributed by atoms with Gasteiger partial charge in [-0.1, -0.05) is 81.0 Å². The van der Waals surface area contributed by atoms with Gasteiger partial charge in [0.05, 0.1) is 6.61 Å². The lowest BCUT2D eigenvalue weighted by Crippen LogP contribution is -2.25. The van der Waals surface area contributed by atoms with Crippen molar-refractivity contribution in [3.63, 3.8) is 0 Å². The quantitative estimate of drug-likeness (QED) is 0.162. The highest BCUT2D eigenvalue weighted by molar-refractivity contribution is 7.99. The van der Waals surface area contributed by atoms with E-state index in [9.17, 15) is 5.11 Å². The lowest BCUT2D eigenvalue weighted by atomic mass is 9.76. The standard InChI is InChI=1S/C35H45NO2S/c37-30-18-21-34-32(26-30)35(33(27-38-34)28-14-8-7-9-15-28)29-16-19-31(20-17-29)39-25-13-6-4-2-1-3-5-10-22-36-23-11-12-24-36/h7-9,14-21,26,33,35,37H,1-6,10-13,22-25,27H2/t33-,35-/m0/s1. The Morgan fingerprint density at radius 1 is 0.744 bits per heavy atom. The first kappa shape index (κ1) is 28.1. The first-order valence-corrected chi connectivity index (χ1v) is 16.2. The van der Waals surface area contributed by atoms with E-state index in [4.69, 9.17) is 4.74 Å². The Labute approximate surface area is 240 Å². The normalized spacial score (nSPS) is 19.1. The summed E-state index contributed by atoms with van der Waals surface area (Å²) in [6.45, 7) is 4.65. The maximum absolute atomic E-state index is 10.3. The van der Waals surface area contributed by atoms with Crippen LogP contribution in [0, 0.1) is 0 Å². The molecule has 39 heavy (non-hydrogen) atoms. The molecule has 0 saturated carbocycles. The number of fused-ring (bicyclic) bond motifs is 1. The third-order valence-electron chi connectivity index (χ3n) is 8.45. The van der Waals surface area contributed by atoms with E-state index in [0.717, 1.165) is 11.3 Å². The van der Waals surface area contributed by atoms with Crippen LogP contribution in [0.1, 0.15) is 92.7 Å². The van der Waals surface area contributed by atoms with E-state index >= 15 is 0 Å². The highest BCUT2D eigenvalue weighted by Crippen LogP contribution is 2.47. The Bertz CT molecular complexity index is 1130. The minimum atomic E-state index is 0.155. The monoisotopic (exact) mass is 543 g/mol. The first-order chi connectivity index (χ1) is 19.3. The number of hydrogen-bond acceptors (Lipinski definition) is 4. The second kappa shape index (κ2) is 14.8. The third kappa shape index (κ3) is 8.05. The number of ether oxygens (including phenoxy) is 1. The van der Waals surface area contributed by atoms with Crippen LogP contribution in [0.5, 0.6) is 11.5 Å². The van der Waals surface area contributed by atoms with E-state index in [1.165, 1.54) is 106 Å². The molecule has 0 radical (unpaired) electrons. The number of rotatable bonds is 14. The van der Waals surface area contributed by atoms with Gasteiger partial charge in [-0.15, -0.1) is 11.8 Å². The number of phenolic OH excluding ortho intramolecular Hbond substituents is 1. The molecule has 0 aliphatic carbocycles. The molecule has 3 aromatic rings. The summed E-state index contributed by atoms with van der Waals surface area (Å²) < 4.78 is 6.14. The van der Waals surface area contributed by atoms with E-state index < -0.39 is 0 Å². The highest BCUT2D eigenvalue weighted by atomic mass is 32.2. The second-order valence-electron chi connectivity index (χ2n) is 11.3. The van der Waals surface area contributed by atoms with Gasteiger partial charge in [-0.3, -0.25) is 0 Å². The van der Waals surface area contributed by atoms with Gasteiger partial charge in [0.15, 0.2) is 0 Å². The zero-order valence-corrected chi connectivity index (χ0v) is 24.2. The number of benzene rings is 3. The van der Waals surface area contributed by atoms with Crippen LogP contribution in [-0.2, 0) is 0 Å². The molecule has 3 aromatic carbocycles. The van der Waals surface area contributed by atoms with E-state index in [1.807, 2.05) is 23.9 Å². The van der Waals surface area contributed by atoms with Crippen LogP contribution in [0.2, 0.25) is 0 Å². The predicted molar refractivity (Wildman–Crippen MR) is 164 cm³/mol. The Hall–Kier alpha value is -2.43. The predicted octanol–water partition coefficient (Wildman–Crippen LogP) is 9.01. The average Bonchev–Trinajstić information content (AvgIpc) is 3.50. The molecule has 0 aromatic heterocycles. The molecule has 4 heteroatoms. The second-order valence-corrected chi connectivity index (χ2v) is 12.5. The Kier molecular flexibility index (Phi) is 10.7. The summed E-state index contributed by atoms with van der Waals surface area (Å²) in [4.78, 5) is 3.98. The van der Waals surface area contributed by atoms with Crippen LogP contribution >= 0.6 is 11.8 Å². The minimum absolute atomic E-state index is 0.155. The maximum atomic E-state index is 10.3. The maximum Gasteiger partial charge on any atom is 0.123 e. The van der Waals surface area contributed by atoms with Gasteiger partial charge in [-0.25, -0.2) is 0 Å². The summed E-state index contributed by atoms with van der Waals surface area (Å²) in [7, 11) is 0. The fourth-order valence-corrected chi connectivity index (χ4v) is 7.18. The molecule has 2 aliphatic heterocycles. The Morgan fingerprint density at radius 3 is 2.18 bits per heavy atom. The summed E-state index contributed by atoms with van der Waals surface area (Å²) in [5.74, 6) is 2.73. The van der Waals surface area contributed by atoms with Gasteiger partial charge in [0, 0.05) is 22.3 Å². The number of unbranched alkanes of at least 4 members (excludes halogenated alkanes) is 7. The molecule has 1 N–H and O–H groups in total. The summed E-state index contributed by atoms with van der Waals surface area (Å²) >= 11 is 1.98. The molecule has 0 amide bonds. The largest absolute Gasteiger partial charge is 0.508 e. The zero-order chi connectivity index (χ0) is 26.7. The van der Waals surface area contributed by atoms with E-state index in [0.29, 0.717) is 12.4 Å². The van der Waals surface area contributed by atoms with E-state index in [-0.39, 0.29) is 11.8 Å². The van der Waals surface area contributed by atoms with Gasteiger partial charge in [0.1, 0.15) is 11.5 Å². The van der Waals surface area contributed by atoms with Crippen molar-refractivity contribution in [3.05, 3.63) is 89.5 Å². The van der Waals surface area contributed by atoms with Crippen LogP contribution in [0.4, 0.5) is 0 Å². The van der Waals surface area contributed by atoms with Crippen LogP contribution in [0.15, 0.2) is 77.7 Å². The summed E-state index contributed by atoms with van der Waals surface area (Å²) in [5.41, 5.74) is 3.63. The van der Waals surface area contributed by atoms with Crippen LogP contribution in [0.25, 0.3) is 0 Å². The number of phenols is 1. The number of aromatic hydroxyl groups is 1. The SMILES string of the molecule is Oc1ccc2c(c1)[C@H](c1ccc(SCCCCCCCCCCN3CCCC3)cc1)[C@H](c1ccccc1)CO2. The van der Waals surface area contributed by atoms with Crippen molar-refractivity contribution in [2.45, 2.75) is 80.9 Å². The smallest absolute Gasteiger partial charge is 0.123 e. The van der Waals surface area contributed by atoms with Crippen molar-refractivity contribution in [3.8, 4) is 11.5 Å². The summed E-state index contributed by atoms with van der Waals surface area (Å²) in [6.07, 6.45) is 13.9. The van der Waals surface area contributed by atoms with Crippen molar-refractivity contribution in [2.24, 2.45) is 0 Å². The topological polar surface area (TPSA) is 32.7 Å². The van der Waals surface area contributed by atoms with Crippen LogP contribution < -0.4 is 4.74 Å². The number of nitrogens with zero attached hydrogens (tertiary/aromatic N) is 1. The molecule has 0 unspecified atom stereocenters. The fraction of sp³-hybridized carbons (Fsp3) is 0.486. The fourth-order valence-electron chi connectivity index (χ4n) is 6.27. The molecule has 0 spiro atoms.